The summed E-state index contributed by atoms with van der Waals surface area (Å²) in [5.41, 5.74) is 1.65. The molecule has 2 saturated heterocycles. The predicted octanol–water partition coefficient (Wildman–Crippen LogP) is -0.860. The van der Waals surface area contributed by atoms with Crippen LogP contribution in [0, 0.1) is 0 Å². The Morgan fingerprint density at radius 2 is 0.917 bits per heavy atom. The third-order valence-corrected chi connectivity index (χ3v) is 5.23. The molecule has 6 heteroatoms. The highest BCUT2D eigenvalue weighted by Gasteiger charge is 2.36. The highest BCUT2D eigenvalue weighted by atomic mass is 32.2. The fourth-order valence-electron chi connectivity index (χ4n) is 1.39. The van der Waals surface area contributed by atoms with Crippen LogP contribution in [0.2, 0.25) is 0 Å². The maximum Gasteiger partial charge on any atom is 0.158 e. The second-order valence-corrected chi connectivity index (χ2v) is 7.40. The van der Waals surface area contributed by atoms with Crippen molar-refractivity contribution in [1.82, 2.24) is 0 Å². The molecule has 0 amide bonds. The van der Waals surface area contributed by atoms with Crippen LogP contribution in [0.4, 0.5) is 0 Å². The molecule has 0 N–H and O–H groups in total. The summed E-state index contributed by atoms with van der Waals surface area (Å²) < 4.78 is 42.9. The van der Waals surface area contributed by atoms with Gasteiger partial charge in [0, 0.05) is 0 Å². The molecule has 2 aliphatic heterocycles. The minimum Gasteiger partial charge on any atom is -0.228 e. The Kier molecular flexibility index (Phi) is 1.45. The first-order valence-corrected chi connectivity index (χ1v) is 7.13. The van der Waals surface area contributed by atoms with E-state index < -0.39 is 19.7 Å². The van der Waals surface area contributed by atoms with Gasteiger partial charge in [-0.25, -0.2) is 16.8 Å². The lowest BCUT2D eigenvalue weighted by Gasteiger charge is -2.27. The first kappa shape index (κ1) is 8.25. The van der Waals surface area contributed by atoms with Crippen molar-refractivity contribution in [2.45, 2.75) is 0 Å². The molecule has 0 unspecified atom stereocenters. The highest BCUT2D eigenvalue weighted by Crippen LogP contribution is 2.28. The lowest BCUT2D eigenvalue weighted by molar-refractivity contribution is 0.585. The second-order valence-electron chi connectivity index (χ2n) is 3.27. The summed E-state index contributed by atoms with van der Waals surface area (Å²) in [4.78, 5) is 0. The van der Waals surface area contributed by atoms with Crippen LogP contribution in [0.25, 0.3) is 0 Å². The van der Waals surface area contributed by atoms with Gasteiger partial charge in [-0.1, -0.05) is 0 Å². The first-order chi connectivity index (χ1) is 5.38. The van der Waals surface area contributed by atoms with E-state index in [0.717, 1.165) is 11.1 Å². The van der Waals surface area contributed by atoms with Gasteiger partial charge in [0.2, 0.25) is 0 Å². The van der Waals surface area contributed by atoms with E-state index in [1.807, 2.05) is 0 Å². The minimum absolute atomic E-state index is 0.0812. The van der Waals surface area contributed by atoms with Crippen LogP contribution < -0.4 is 0 Å². The predicted molar refractivity (Wildman–Crippen MR) is 44.3 cm³/mol. The van der Waals surface area contributed by atoms with Crippen molar-refractivity contribution in [3.63, 3.8) is 0 Å². The van der Waals surface area contributed by atoms with E-state index in [2.05, 4.69) is 0 Å². The molecule has 2 rings (SSSR count). The zero-order valence-corrected chi connectivity index (χ0v) is 7.91. The van der Waals surface area contributed by atoms with Crippen molar-refractivity contribution >= 4 is 19.7 Å². The fraction of sp³-hybridized carbons (Fsp3) is 0.667. The maximum atomic E-state index is 10.7. The quantitative estimate of drug-likeness (QED) is 0.486. The first-order valence-electron chi connectivity index (χ1n) is 3.49. The monoisotopic (exact) mass is 208 g/mol. The van der Waals surface area contributed by atoms with Crippen molar-refractivity contribution in [2.75, 3.05) is 23.0 Å². The molecule has 0 radical (unpaired) electrons. The van der Waals surface area contributed by atoms with Crippen molar-refractivity contribution in [1.29, 1.82) is 0 Å². The SMILES string of the molecule is O=S1(=O)CC(=C2CS(=O)(=O)C2)C1. The van der Waals surface area contributed by atoms with E-state index in [4.69, 9.17) is 0 Å². The lowest BCUT2D eigenvalue weighted by Crippen LogP contribution is -2.37. The summed E-state index contributed by atoms with van der Waals surface area (Å²) in [5, 5.41) is 0. The molecule has 0 aliphatic carbocycles. The maximum absolute atomic E-state index is 10.7. The average Bonchev–Trinajstić information content (AvgIpc) is 1.76. The van der Waals surface area contributed by atoms with Gasteiger partial charge in [0.1, 0.15) is 0 Å². The molecule has 0 spiro atoms. The smallest absolute Gasteiger partial charge is 0.158 e. The van der Waals surface area contributed by atoms with Crippen LogP contribution >= 0.6 is 0 Å². The zero-order valence-electron chi connectivity index (χ0n) is 6.28. The Bertz CT molecular complexity index is 380. The molecular weight excluding hydrogens is 200 g/mol. The number of hydrogen-bond acceptors (Lipinski definition) is 4. The molecule has 12 heavy (non-hydrogen) atoms. The van der Waals surface area contributed by atoms with Gasteiger partial charge in [-0.2, -0.15) is 0 Å². The van der Waals surface area contributed by atoms with Crippen molar-refractivity contribution < 1.29 is 16.8 Å². The van der Waals surface area contributed by atoms with E-state index in [0.29, 0.717) is 0 Å². The van der Waals surface area contributed by atoms with Gasteiger partial charge in [-0.05, 0) is 11.1 Å². The fourth-order valence-corrected chi connectivity index (χ4v) is 4.16. The van der Waals surface area contributed by atoms with E-state index in [1.165, 1.54) is 0 Å². The van der Waals surface area contributed by atoms with Crippen molar-refractivity contribution in [3.05, 3.63) is 11.1 Å². The minimum atomic E-state index is -2.84. The van der Waals surface area contributed by atoms with Gasteiger partial charge in [-0.15, -0.1) is 0 Å². The molecule has 2 aliphatic rings. The van der Waals surface area contributed by atoms with Gasteiger partial charge in [0.15, 0.2) is 19.7 Å². The van der Waals surface area contributed by atoms with Crippen molar-refractivity contribution in [2.24, 2.45) is 0 Å². The Morgan fingerprint density at radius 3 is 1.08 bits per heavy atom. The lowest BCUT2D eigenvalue weighted by atomic mass is 10.2. The highest BCUT2D eigenvalue weighted by molar-refractivity contribution is 7.94. The van der Waals surface area contributed by atoms with Crippen LogP contribution in [0.5, 0.6) is 0 Å². The van der Waals surface area contributed by atoms with Crippen LogP contribution in [-0.2, 0) is 19.7 Å². The Labute approximate surface area is 71.1 Å². The van der Waals surface area contributed by atoms with Gasteiger partial charge in [0.25, 0.3) is 0 Å². The average molecular weight is 208 g/mol. The van der Waals surface area contributed by atoms with E-state index >= 15 is 0 Å². The largest absolute Gasteiger partial charge is 0.228 e. The third kappa shape index (κ3) is 1.29. The van der Waals surface area contributed by atoms with Crippen LogP contribution in [0.15, 0.2) is 11.1 Å². The Hall–Kier alpha value is -0.360. The second kappa shape index (κ2) is 2.11. The van der Waals surface area contributed by atoms with Gasteiger partial charge in [-0.3, -0.25) is 0 Å². The third-order valence-electron chi connectivity index (χ3n) is 2.08. The van der Waals surface area contributed by atoms with Gasteiger partial charge < -0.3 is 0 Å². The summed E-state index contributed by atoms with van der Waals surface area (Å²) in [5.74, 6) is 0.325. The van der Waals surface area contributed by atoms with E-state index in [1.54, 1.807) is 0 Å². The van der Waals surface area contributed by atoms with Gasteiger partial charge >= 0.3 is 0 Å². The Balaban J connectivity index is 2.16. The molecule has 0 atom stereocenters. The molecule has 0 aromatic carbocycles. The number of hydrogen-bond donors (Lipinski definition) is 0. The summed E-state index contributed by atoms with van der Waals surface area (Å²) in [7, 11) is -5.68. The number of sulfone groups is 2. The van der Waals surface area contributed by atoms with E-state index in [9.17, 15) is 16.8 Å². The van der Waals surface area contributed by atoms with Crippen LogP contribution in [0.3, 0.4) is 0 Å². The molecule has 2 heterocycles. The Morgan fingerprint density at radius 1 is 0.667 bits per heavy atom. The number of rotatable bonds is 0. The molecule has 0 aromatic heterocycles. The standard InChI is InChI=1S/C6H8O4S2/c7-11(8)1-5(2-11)6-3-12(9,10)4-6/h1-4H2. The van der Waals surface area contributed by atoms with Crippen molar-refractivity contribution in [3.8, 4) is 0 Å². The topological polar surface area (TPSA) is 68.3 Å². The molecule has 0 bridgehead atoms. The summed E-state index contributed by atoms with van der Waals surface area (Å²) >= 11 is 0. The summed E-state index contributed by atoms with van der Waals surface area (Å²) in [6, 6.07) is 0. The van der Waals surface area contributed by atoms with Crippen LogP contribution in [-0.4, -0.2) is 39.8 Å². The van der Waals surface area contributed by atoms with Crippen LogP contribution in [0.1, 0.15) is 0 Å². The van der Waals surface area contributed by atoms with E-state index in [-0.39, 0.29) is 23.0 Å². The molecule has 4 nitrogen and oxygen atoms in total. The molecule has 0 aromatic rings. The molecule has 0 saturated carbocycles. The molecular formula is C6H8O4S2. The molecule has 68 valence electrons. The summed E-state index contributed by atoms with van der Waals surface area (Å²) in [6.45, 7) is 0. The molecule has 2 fully saturated rings. The summed E-state index contributed by atoms with van der Waals surface area (Å²) in [6.07, 6.45) is 0. The zero-order chi connectivity index (χ0) is 8.98. The van der Waals surface area contributed by atoms with Gasteiger partial charge in [0.05, 0.1) is 23.0 Å². The normalized spacial score (nSPS) is 30.7.